The molecule has 0 saturated carbocycles. The highest BCUT2D eigenvalue weighted by Crippen LogP contribution is 2.32. The van der Waals surface area contributed by atoms with Crippen molar-refractivity contribution in [3.05, 3.63) is 47.8 Å². The average Bonchev–Trinajstić information content (AvgIpc) is 3.17. The number of hydrogen-bond acceptors (Lipinski definition) is 5. The zero-order valence-corrected chi connectivity index (χ0v) is 17.5. The zero-order valence-electron chi connectivity index (χ0n) is 17.5. The van der Waals surface area contributed by atoms with Crippen molar-refractivity contribution >= 4 is 11.9 Å². The van der Waals surface area contributed by atoms with Gasteiger partial charge in [-0.25, -0.2) is 9.50 Å². The van der Waals surface area contributed by atoms with Gasteiger partial charge in [-0.3, -0.25) is 4.79 Å². The molecule has 4 rings (SSSR count). The van der Waals surface area contributed by atoms with Gasteiger partial charge in [0, 0.05) is 11.6 Å². The second-order valence-electron chi connectivity index (χ2n) is 7.30. The number of fused-ring (bicyclic) bond motifs is 1. The summed E-state index contributed by atoms with van der Waals surface area (Å²) in [7, 11) is 2.19. The quantitative estimate of drug-likeness (QED) is 0.556. The highest BCUT2D eigenvalue weighted by atomic mass is 19.4. The number of piperidine rings is 1. The molecule has 3 aromatic rings. The Morgan fingerprint density at radius 3 is 2.29 bits per heavy atom. The van der Waals surface area contributed by atoms with E-state index in [2.05, 4.69) is 22.0 Å². The van der Waals surface area contributed by atoms with Crippen molar-refractivity contribution in [1.29, 1.82) is 0 Å². The smallest absolute Gasteiger partial charge is 0.433 e. The van der Waals surface area contributed by atoms with Crippen molar-refractivity contribution < 1.29 is 22.7 Å². The number of carbonyl (C=O) groups is 1. The Bertz CT molecular complexity index is 1010. The van der Waals surface area contributed by atoms with E-state index in [9.17, 15) is 18.0 Å². The Labute approximate surface area is 178 Å². The van der Waals surface area contributed by atoms with Crippen molar-refractivity contribution in [1.82, 2.24) is 19.5 Å². The molecule has 3 heterocycles. The fourth-order valence-electron chi connectivity index (χ4n) is 3.34. The molecule has 1 saturated heterocycles. The van der Waals surface area contributed by atoms with Gasteiger partial charge in [-0.1, -0.05) is 6.42 Å². The Kier molecular flexibility index (Phi) is 7.27. The van der Waals surface area contributed by atoms with Crippen LogP contribution >= 0.6 is 0 Å². The topological polar surface area (TPSA) is 59.7 Å². The van der Waals surface area contributed by atoms with Crippen molar-refractivity contribution in [3.8, 4) is 17.0 Å². The van der Waals surface area contributed by atoms with E-state index in [0.29, 0.717) is 28.7 Å². The van der Waals surface area contributed by atoms with Gasteiger partial charge in [0.25, 0.3) is 0 Å². The van der Waals surface area contributed by atoms with Crippen LogP contribution in [-0.2, 0) is 6.18 Å². The molecule has 31 heavy (non-hydrogen) atoms. The lowest BCUT2D eigenvalue weighted by Crippen LogP contribution is -2.24. The summed E-state index contributed by atoms with van der Waals surface area (Å²) in [6, 6.07) is 8.68. The lowest BCUT2D eigenvalue weighted by molar-refractivity contribution is -0.142. The summed E-state index contributed by atoms with van der Waals surface area (Å²) < 4.78 is 45.8. The van der Waals surface area contributed by atoms with Gasteiger partial charge in [-0.05, 0) is 70.2 Å². The van der Waals surface area contributed by atoms with Crippen LogP contribution in [0.1, 0.15) is 42.4 Å². The molecule has 1 aliphatic heterocycles. The van der Waals surface area contributed by atoms with E-state index in [1.807, 2.05) is 6.92 Å². The largest absolute Gasteiger partial charge is 0.494 e. The normalized spacial score (nSPS) is 14.7. The first kappa shape index (κ1) is 22.7. The molecule has 1 aliphatic rings. The van der Waals surface area contributed by atoms with Gasteiger partial charge >= 0.3 is 6.18 Å². The maximum atomic E-state index is 13.3. The van der Waals surface area contributed by atoms with E-state index in [4.69, 9.17) is 4.74 Å². The predicted octanol–water partition coefficient (Wildman–Crippen LogP) is 4.73. The second kappa shape index (κ2) is 9.91. The minimum absolute atomic E-state index is 0.0455. The first-order chi connectivity index (χ1) is 14.8. The summed E-state index contributed by atoms with van der Waals surface area (Å²) in [6.45, 7) is 4.97. The van der Waals surface area contributed by atoms with Crippen LogP contribution in [0.4, 0.5) is 13.2 Å². The number of carbonyl (C=O) groups excluding carboxylic acids is 1. The Hall–Kier alpha value is -2.94. The molecule has 0 amide bonds. The minimum atomic E-state index is -4.63. The van der Waals surface area contributed by atoms with Crippen LogP contribution in [0.25, 0.3) is 16.9 Å². The van der Waals surface area contributed by atoms with Crippen LogP contribution in [0.15, 0.2) is 36.4 Å². The SMILES string of the molecule is CCOc1ccc(-c2cc(C(F)(F)F)n3nc(C=O)cc3n2)cc1.CN1CCCCC1. The maximum Gasteiger partial charge on any atom is 0.433 e. The summed E-state index contributed by atoms with van der Waals surface area (Å²) in [5.74, 6) is 0.617. The molecule has 1 aromatic carbocycles. The number of ether oxygens (including phenoxy) is 1. The monoisotopic (exact) mass is 434 g/mol. The highest BCUT2D eigenvalue weighted by Gasteiger charge is 2.35. The molecule has 0 atom stereocenters. The summed E-state index contributed by atoms with van der Waals surface area (Å²) in [5, 5.41) is 3.62. The fourth-order valence-corrected chi connectivity index (χ4v) is 3.34. The van der Waals surface area contributed by atoms with Crippen molar-refractivity contribution in [2.75, 3.05) is 26.7 Å². The number of benzene rings is 1. The molecule has 1 fully saturated rings. The molecule has 0 unspecified atom stereocenters. The van der Waals surface area contributed by atoms with Crippen LogP contribution < -0.4 is 4.74 Å². The van der Waals surface area contributed by atoms with E-state index in [0.717, 1.165) is 6.07 Å². The van der Waals surface area contributed by atoms with Crippen LogP contribution in [0.5, 0.6) is 5.75 Å². The van der Waals surface area contributed by atoms with Crippen LogP contribution in [0.2, 0.25) is 0 Å². The van der Waals surface area contributed by atoms with Crippen molar-refractivity contribution in [3.63, 3.8) is 0 Å². The van der Waals surface area contributed by atoms with Crippen LogP contribution in [0, 0.1) is 0 Å². The number of aldehydes is 1. The predicted molar refractivity (Wildman–Crippen MR) is 111 cm³/mol. The van der Waals surface area contributed by atoms with E-state index < -0.39 is 11.9 Å². The van der Waals surface area contributed by atoms with E-state index in [-0.39, 0.29) is 17.0 Å². The first-order valence-corrected chi connectivity index (χ1v) is 10.2. The van der Waals surface area contributed by atoms with Gasteiger partial charge in [0.15, 0.2) is 17.6 Å². The van der Waals surface area contributed by atoms with Gasteiger partial charge in [0.05, 0.1) is 12.3 Å². The third kappa shape index (κ3) is 5.81. The number of rotatable bonds is 4. The summed E-state index contributed by atoms with van der Waals surface area (Å²) >= 11 is 0. The number of likely N-dealkylation sites (tertiary alicyclic amines) is 1. The third-order valence-corrected chi connectivity index (χ3v) is 4.90. The van der Waals surface area contributed by atoms with E-state index >= 15 is 0 Å². The van der Waals surface area contributed by atoms with Crippen molar-refractivity contribution in [2.24, 2.45) is 0 Å². The summed E-state index contributed by atoms with van der Waals surface area (Å²) in [4.78, 5) is 17.3. The first-order valence-electron chi connectivity index (χ1n) is 10.2. The lowest BCUT2D eigenvalue weighted by atomic mass is 10.1. The number of hydrogen-bond donors (Lipinski definition) is 0. The highest BCUT2D eigenvalue weighted by molar-refractivity contribution is 5.75. The molecule has 0 aliphatic carbocycles. The molecule has 0 bridgehead atoms. The van der Waals surface area contributed by atoms with E-state index in [1.54, 1.807) is 24.3 Å². The number of alkyl halides is 3. The van der Waals surface area contributed by atoms with Gasteiger partial charge in [0.2, 0.25) is 0 Å². The second-order valence-corrected chi connectivity index (χ2v) is 7.30. The fraction of sp³-hybridized carbons (Fsp3) is 0.409. The lowest BCUT2D eigenvalue weighted by Gasteiger charge is -2.20. The summed E-state index contributed by atoms with van der Waals surface area (Å²) in [6.07, 6.45) is 0.0239. The maximum absolute atomic E-state index is 13.3. The molecular formula is C22H25F3N4O2. The molecule has 166 valence electrons. The molecular weight excluding hydrogens is 409 g/mol. The van der Waals surface area contributed by atoms with E-state index in [1.165, 1.54) is 38.4 Å². The number of aromatic nitrogens is 3. The van der Waals surface area contributed by atoms with Gasteiger partial charge in [0.1, 0.15) is 11.4 Å². The average molecular weight is 434 g/mol. The molecule has 0 radical (unpaired) electrons. The van der Waals surface area contributed by atoms with Crippen LogP contribution in [-0.4, -0.2) is 52.5 Å². The van der Waals surface area contributed by atoms with Crippen LogP contribution in [0.3, 0.4) is 0 Å². The Morgan fingerprint density at radius 1 is 1.10 bits per heavy atom. The molecule has 0 spiro atoms. The molecule has 2 aromatic heterocycles. The molecule has 0 N–H and O–H groups in total. The summed E-state index contributed by atoms with van der Waals surface area (Å²) in [5.41, 5.74) is -0.521. The standard InChI is InChI=1S/C16H12F3N3O2.C6H13N/c1-2-24-12-5-3-10(4-6-12)13-8-14(16(17,18)19)22-15(20-13)7-11(9-23)21-22;1-7-5-3-2-4-6-7/h3-9H,2H2,1H3;2-6H2,1H3. The zero-order chi connectivity index (χ0) is 22.4. The van der Waals surface area contributed by atoms with Gasteiger partial charge < -0.3 is 9.64 Å². The molecule has 9 heteroatoms. The number of halogens is 3. The van der Waals surface area contributed by atoms with Gasteiger partial charge in [-0.2, -0.15) is 18.3 Å². The third-order valence-electron chi connectivity index (χ3n) is 4.90. The Morgan fingerprint density at radius 2 is 1.77 bits per heavy atom. The van der Waals surface area contributed by atoms with Gasteiger partial charge in [-0.15, -0.1) is 0 Å². The van der Waals surface area contributed by atoms with Crippen molar-refractivity contribution in [2.45, 2.75) is 32.4 Å². The minimum Gasteiger partial charge on any atom is -0.494 e. The molecule has 6 nitrogen and oxygen atoms in total. The Balaban J connectivity index is 0.000000330. The number of nitrogens with zero attached hydrogens (tertiary/aromatic N) is 4.